The predicted octanol–water partition coefficient (Wildman–Crippen LogP) is 3.62. The van der Waals surface area contributed by atoms with Gasteiger partial charge >= 0.3 is 0 Å². The Labute approximate surface area is 161 Å². The number of aromatic nitrogens is 6. The van der Waals surface area contributed by atoms with Crippen LogP contribution in [-0.2, 0) is 6.54 Å². The van der Waals surface area contributed by atoms with Gasteiger partial charge in [-0.25, -0.2) is 4.98 Å². The standard InChI is InChI=1S/C21H19N7/c1-28(2)12-13-6-15(10-22-9-13)17-8-16-19(11-24-17)26-27-20(16)18-7-14-4-3-5-23-21(14)25-18/h3-11H,12H2,1-2H3,(H,23,25)(H,26,27). The molecule has 0 saturated heterocycles. The molecule has 0 bridgehead atoms. The van der Waals surface area contributed by atoms with Crippen molar-refractivity contribution in [1.82, 2.24) is 35.0 Å². The third kappa shape index (κ3) is 2.91. The first-order valence-electron chi connectivity index (χ1n) is 9.04. The molecule has 0 atom stereocenters. The van der Waals surface area contributed by atoms with Crippen molar-refractivity contribution in [2.24, 2.45) is 0 Å². The second-order valence-corrected chi connectivity index (χ2v) is 7.13. The number of hydrogen-bond donors (Lipinski definition) is 2. The molecule has 7 heteroatoms. The number of nitrogens with one attached hydrogen (secondary N) is 2. The summed E-state index contributed by atoms with van der Waals surface area (Å²) in [6, 6.07) is 10.2. The van der Waals surface area contributed by atoms with E-state index < -0.39 is 0 Å². The first-order valence-corrected chi connectivity index (χ1v) is 9.04. The third-order valence-electron chi connectivity index (χ3n) is 4.68. The second-order valence-electron chi connectivity index (χ2n) is 7.13. The molecule has 7 nitrogen and oxygen atoms in total. The summed E-state index contributed by atoms with van der Waals surface area (Å²) in [6.07, 6.45) is 7.34. The number of rotatable bonds is 4. The fourth-order valence-electron chi connectivity index (χ4n) is 3.44. The van der Waals surface area contributed by atoms with Crippen molar-refractivity contribution in [3.8, 4) is 22.6 Å². The number of hydrogen-bond acceptors (Lipinski definition) is 5. The Hall–Kier alpha value is -3.58. The minimum atomic E-state index is 0.835. The first kappa shape index (κ1) is 16.6. The van der Waals surface area contributed by atoms with E-state index in [-0.39, 0.29) is 0 Å². The summed E-state index contributed by atoms with van der Waals surface area (Å²) in [4.78, 5) is 18.8. The van der Waals surface area contributed by atoms with Gasteiger partial charge in [-0.15, -0.1) is 0 Å². The minimum absolute atomic E-state index is 0.835. The highest BCUT2D eigenvalue weighted by Gasteiger charge is 2.13. The maximum absolute atomic E-state index is 4.60. The smallest absolute Gasteiger partial charge is 0.137 e. The Kier molecular flexibility index (Phi) is 3.87. The van der Waals surface area contributed by atoms with Crippen LogP contribution < -0.4 is 0 Å². The minimum Gasteiger partial charge on any atom is -0.338 e. The first-order chi connectivity index (χ1) is 13.7. The van der Waals surface area contributed by atoms with Crippen molar-refractivity contribution >= 4 is 21.9 Å². The zero-order valence-corrected chi connectivity index (χ0v) is 15.6. The summed E-state index contributed by atoms with van der Waals surface area (Å²) in [6.45, 7) is 0.835. The zero-order chi connectivity index (χ0) is 19.1. The van der Waals surface area contributed by atoms with Crippen molar-refractivity contribution in [1.29, 1.82) is 0 Å². The summed E-state index contributed by atoms with van der Waals surface area (Å²) in [7, 11) is 4.09. The number of H-pyrrole nitrogens is 2. The molecule has 0 radical (unpaired) electrons. The highest BCUT2D eigenvalue weighted by Crippen LogP contribution is 2.30. The summed E-state index contributed by atoms with van der Waals surface area (Å²) < 4.78 is 0. The quantitative estimate of drug-likeness (QED) is 0.505. The van der Waals surface area contributed by atoms with Crippen LogP contribution in [0.25, 0.3) is 44.6 Å². The van der Waals surface area contributed by atoms with Crippen molar-refractivity contribution in [3.05, 3.63) is 60.7 Å². The third-order valence-corrected chi connectivity index (χ3v) is 4.68. The number of fused-ring (bicyclic) bond motifs is 2. The maximum Gasteiger partial charge on any atom is 0.137 e. The largest absolute Gasteiger partial charge is 0.338 e. The number of pyridine rings is 3. The Bertz CT molecular complexity index is 1250. The normalized spacial score (nSPS) is 11.7. The molecule has 5 aromatic rings. The van der Waals surface area contributed by atoms with Gasteiger partial charge in [0.1, 0.15) is 11.3 Å². The summed E-state index contributed by atoms with van der Waals surface area (Å²) >= 11 is 0. The van der Waals surface area contributed by atoms with Crippen LogP contribution in [0.2, 0.25) is 0 Å². The molecule has 0 aromatic carbocycles. The molecule has 0 aliphatic rings. The summed E-state index contributed by atoms with van der Waals surface area (Å²) in [5.74, 6) is 0. The molecule has 0 aliphatic heterocycles. The van der Waals surface area contributed by atoms with Crippen molar-refractivity contribution in [2.45, 2.75) is 6.54 Å². The van der Waals surface area contributed by atoms with Crippen molar-refractivity contribution in [2.75, 3.05) is 14.1 Å². The molecular weight excluding hydrogens is 350 g/mol. The van der Waals surface area contributed by atoms with Crippen LogP contribution in [0.5, 0.6) is 0 Å². The second kappa shape index (κ2) is 6.54. The lowest BCUT2D eigenvalue weighted by Crippen LogP contribution is -2.10. The highest BCUT2D eigenvalue weighted by molar-refractivity contribution is 5.96. The lowest BCUT2D eigenvalue weighted by molar-refractivity contribution is 0.402. The Morgan fingerprint density at radius 3 is 2.82 bits per heavy atom. The van der Waals surface area contributed by atoms with E-state index in [4.69, 9.17) is 0 Å². The topological polar surface area (TPSA) is 86.4 Å². The monoisotopic (exact) mass is 369 g/mol. The average molecular weight is 369 g/mol. The van der Waals surface area contributed by atoms with Crippen LogP contribution >= 0.6 is 0 Å². The molecule has 0 saturated carbocycles. The van der Waals surface area contributed by atoms with E-state index in [0.717, 1.165) is 56.7 Å². The molecule has 138 valence electrons. The Morgan fingerprint density at radius 2 is 1.96 bits per heavy atom. The van der Waals surface area contributed by atoms with Crippen LogP contribution in [0.15, 0.2) is 55.1 Å². The molecule has 0 aliphatic carbocycles. The summed E-state index contributed by atoms with van der Waals surface area (Å²) in [5, 5.41) is 9.65. The van der Waals surface area contributed by atoms with E-state index in [1.165, 1.54) is 0 Å². The Balaban J connectivity index is 1.60. The molecule has 2 N–H and O–H groups in total. The molecule has 5 aromatic heterocycles. The lowest BCUT2D eigenvalue weighted by Gasteiger charge is -2.10. The van der Waals surface area contributed by atoms with Gasteiger partial charge in [0.2, 0.25) is 0 Å². The van der Waals surface area contributed by atoms with Crippen LogP contribution in [-0.4, -0.2) is 49.1 Å². The molecule has 0 spiro atoms. The molecule has 0 amide bonds. The molecular formula is C21H19N7. The van der Waals surface area contributed by atoms with Gasteiger partial charge in [-0.1, -0.05) is 0 Å². The predicted molar refractivity (Wildman–Crippen MR) is 110 cm³/mol. The van der Waals surface area contributed by atoms with E-state index in [0.29, 0.717) is 0 Å². The van der Waals surface area contributed by atoms with Crippen LogP contribution in [0.3, 0.4) is 0 Å². The van der Waals surface area contributed by atoms with E-state index in [2.05, 4.69) is 53.2 Å². The highest BCUT2D eigenvalue weighted by atomic mass is 15.1. The van der Waals surface area contributed by atoms with Gasteiger partial charge in [0.25, 0.3) is 0 Å². The van der Waals surface area contributed by atoms with Gasteiger partial charge in [0, 0.05) is 41.5 Å². The van der Waals surface area contributed by atoms with Crippen LogP contribution in [0.1, 0.15) is 5.56 Å². The van der Waals surface area contributed by atoms with Gasteiger partial charge in [-0.05, 0) is 50.0 Å². The van der Waals surface area contributed by atoms with E-state index in [1.807, 2.05) is 44.8 Å². The van der Waals surface area contributed by atoms with E-state index >= 15 is 0 Å². The Morgan fingerprint density at radius 1 is 1.04 bits per heavy atom. The van der Waals surface area contributed by atoms with Crippen molar-refractivity contribution in [3.63, 3.8) is 0 Å². The fourth-order valence-corrected chi connectivity index (χ4v) is 3.44. The van der Waals surface area contributed by atoms with Gasteiger partial charge in [0.15, 0.2) is 0 Å². The van der Waals surface area contributed by atoms with E-state index in [9.17, 15) is 0 Å². The maximum atomic E-state index is 4.60. The van der Waals surface area contributed by atoms with Crippen LogP contribution in [0.4, 0.5) is 0 Å². The number of aromatic amines is 2. The number of nitrogens with zero attached hydrogens (tertiary/aromatic N) is 5. The molecule has 5 rings (SSSR count). The average Bonchev–Trinajstić information content (AvgIpc) is 3.30. The summed E-state index contributed by atoms with van der Waals surface area (Å²) in [5.41, 5.74) is 6.54. The fraction of sp³-hybridized carbons (Fsp3) is 0.143. The molecule has 0 fully saturated rings. The van der Waals surface area contributed by atoms with Gasteiger partial charge in [-0.3, -0.25) is 15.1 Å². The van der Waals surface area contributed by atoms with Gasteiger partial charge in [-0.2, -0.15) is 5.10 Å². The molecule has 0 unspecified atom stereocenters. The van der Waals surface area contributed by atoms with E-state index in [1.54, 1.807) is 6.20 Å². The molecule has 5 heterocycles. The zero-order valence-electron chi connectivity index (χ0n) is 15.6. The SMILES string of the molecule is CN(C)Cc1cncc(-c2cc3c(-c4cc5cccnc5[nH]4)n[nH]c3cn2)c1. The van der Waals surface area contributed by atoms with Crippen LogP contribution in [0, 0.1) is 0 Å². The molecule has 28 heavy (non-hydrogen) atoms. The van der Waals surface area contributed by atoms with Gasteiger partial charge in [0.05, 0.1) is 23.1 Å². The lowest BCUT2D eigenvalue weighted by atomic mass is 10.1. The van der Waals surface area contributed by atoms with Gasteiger partial charge < -0.3 is 9.88 Å². The van der Waals surface area contributed by atoms with Crippen molar-refractivity contribution < 1.29 is 0 Å².